The van der Waals surface area contributed by atoms with Crippen molar-refractivity contribution in [2.45, 2.75) is 78.0 Å². The third-order valence-electron chi connectivity index (χ3n) is 7.25. The lowest BCUT2D eigenvalue weighted by Crippen LogP contribution is -2.48. The van der Waals surface area contributed by atoms with E-state index in [4.69, 9.17) is 0 Å². The first-order valence-electron chi connectivity index (χ1n) is 12.5. The number of piperidine rings is 1. The molecule has 6 heteroatoms. The molecule has 6 nitrogen and oxygen atoms in total. The van der Waals surface area contributed by atoms with Gasteiger partial charge in [-0.1, -0.05) is 36.8 Å². The van der Waals surface area contributed by atoms with Crippen LogP contribution in [0.1, 0.15) is 70.5 Å². The Balaban J connectivity index is 1.67. The highest BCUT2D eigenvalue weighted by atomic mass is 16.4. The second kappa shape index (κ2) is 10.2. The fourth-order valence-corrected chi connectivity index (χ4v) is 5.65. The van der Waals surface area contributed by atoms with E-state index >= 15 is 0 Å². The van der Waals surface area contributed by atoms with Crippen LogP contribution in [-0.4, -0.2) is 52.1 Å². The highest BCUT2D eigenvalue weighted by Gasteiger charge is 2.38. The number of carbonyl (C=O) groups is 2. The van der Waals surface area contributed by atoms with Gasteiger partial charge < -0.3 is 10.0 Å². The maximum Gasteiger partial charge on any atom is 0.408 e. The van der Waals surface area contributed by atoms with Crippen LogP contribution in [0, 0.1) is 0 Å². The summed E-state index contributed by atoms with van der Waals surface area (Å²) in [4.78, 5) is 30.5. The molecule has 0 aromatic heterocycles. The standard InChI is InChI=1S/C28H37N3O3/c1-19(2)30(28(33)34)27-16-20(3)31(21(4)32)26-13-12-24(17-25(26)27)23-10-8-22(9-11-23)18-29-14-6-5-7-15-29/h8-13,17,19-20,27H,5-7,14-16,18H2,1-4H3,(H,33,34). The molecule has 0 spiro atoms. The van der Waals surface area contributed by atoms with Gasteiger partial charge in [0.15, 0.2) is 0 Å². The summed E-state index contributed by atoms with van der Waals surface area (Å²) >= 11 is 0. The smallest absolute Gasteiger partial charge is 0.408 e. The van der Waals surface area contributed by atoms with Crippen LogP contribution in [0.25, 0.3) is 11.1 Å². The van der Waals surface area contributed by atoms with Gasteiger partial charge in [0.05, 0.1) is 6.04 Å². The molecule has 0 saturated carbocycles. The number of amides is 2. The topological polar surface area (TPSA) is 64.1 Å². The molecule has 4 rings (SSSR count). The quantitative estimate of drug-likeness (QED) is 0.598. The van der Waals surface area contributed by atoms with E-state index in [1.165, 1.54) is 42.8 Å². The maximum absolute atomic E-state index is 12.5. The van der Waals surface area contributed by atoms with Crippen molar-refractivity contribution in [3.05, 3.63) is 53.6 Å². The molecule has 2 unspecified atom stereocenters. The molecule has 2 aliphatic rings. The van der Waals surface area contributed by atoms with Crippen molar-refractivity contribution in [1.82, 2.24) is 9.80 Å². The third-order valence-corrected chi connectivity index (χ3v) is 7.25. The van der Waals surface area contributed by atoms with Crippen LogP contribution in [-0.2, 0) is 11.3 Å². The van der Waals surface area contributed by atoms with Gasteiger partial charge >= 0.3 is 6.09 Å². The molecular weight excluding hydrogens is 426 g/mol. The zero-order chi connectivity index (χ0) is 24.4. The van der Waals surface area contributed by atoms with Crippen molar-refractivity contribution >= 4 is 17.7 Å². The molecule has 34 heavy (non-hydrogen) atoms. The van der Waals surface area contributed by atoms with E-state index in [1.54, 1.807) is 11.8 Å². The molecule has 2 heterocycles. The van der Waals surface area contributed by atoms with Crippen LogP contribution in [0.3, 0.4) is 0 Å². The first-order chi connectivity index (χ1) is 16.3. The number of carbonyl (C=O) groups excluding carboxylic acids is 1. The number of benzene rings is 2. The lowest BCUT2D eigenvalue weighted by Gasteiger charge is -2.43. The van der Waals surface area contributed by atoms with E-state index in [0.717, 1.165) is 28.9 Å². The molecular formula is C28H37N3O3. The lowest BCUT2D eigenvalue weighted by atomic mass is 9.87. The number of rotatable bonds is 5. The van der Waals surface area contributed by atoms with E-state index in [1.807, 2.05) is 32.9 Å². The Morgan fingerprint density at radius 2 is 1.68 bits per heavy atom. The van der Waals surface area contributed by atoms with Crippen LogP contribution < -0.4 is 4.90 Å². The number of anilines is 1. The van der Waals surface area contributed by atoms with Crippen molar-refractivity contribution in [3.63, 3.8) is 0 Å². The monoisotopic (exact) mass is 463 g/mol. The summed E-state index contributed by atoms with van der Waals surface area (Å²) in [5.74, 6) is -0.0200. The molecule has 1 N–H and O–H groups in total. The Hall–Kier alpha value is -2.86. The minimum Gasteiger partial charge on any atom is -0.465 e. The Labute approximate surface area is 203 Å². The van der Waals surface area contributed by atoms with Gasteiger partial charge in [0.25, 0.3) is 0 Å². The Bertz CT molecular complexity index is 1030. The van der Waals surface area contributed by atoms with Crippen molar-refractivity contribution in [2.75, 3.05) is 18.0 Å². The highest BCUT2D eigenvalue weighted by molar-refractivity contribution is 5.94. The van der Waals surface area contributed by atoms with E-state index in [-0.39, 0.29) is 24.0 Å². The van der Waals surface area contributed by atoms with Gasteiger partial charge in [-0.3, -0.25) is 14.6 Å². The molecule has 2 aliphatic heterocycles. The summed E-state index contributed by atoms with van der Waals surface area (Å²) in [6, 6.07) is 14.3. The molecule has 0 radical (unpaired) electrons. The van der Waals surface area contributed by atoms with Crippen molar-refractivity contribution in [1.29, 1.82) is 0 Å². The maximum atomic E-state index is 12.5. The summed E-state index contributed by atoms with van der Waals surface area (Å²) in [6.07, 6.45) is 3.56. The summed E-state index contributed by atoms with van der Waals surface area (Å²) < 4.78 is 0. The number of carboxylic acid groups (broad SMARTS) is 1. The van der Waals surface area contributed by atoms with Crippen LogP contribution in [0.15, 0.2) is 42.5 Å². The van der Waals surface area contributed by atoms with Gasteiger partial charge in [0.2, 0.25) is 5.91 Å². The molecule has 2 amide bonds. The lowest BCUT2D eigenvalue weighted by molar-refractivity contribution is -0.117. The number of hydrogen-bond acceptors (Lipinski definition) is 3. The molecule has 2 atom stereocenters. The second-order valence-corrected chi connectivity index (χ2v) is 10.1. The number of nitrogens with zero attached hydrogens (tertiary/aromatic N) is 3. The molecule has 2 aromatic carbocycles. The molecule has 182 valence electrons. The molecule has 1 saturated heterocycles. The summed E-state index contributed by atoms with van der Waals surface area (Å²) in [6.45, 7) is 10.7. The van der Waals surface area contributed by atoms with Crippen LogP contribution in [0.4, 0.5) is 10.5 Å². The number of fused-ring (bicyclic) bond motifs is 1. The summed E-state index contributed by atoms with van der Waals surface area (Å²) in [5.41, 5.74) is 5.17. The molecule has 0 bridgehead atoms. The SMILES string of the molecule is CC(=O)N1c2ccc(-c3ccc(CN4CCCCC4)cc3)cc2C(N(C(=O)O)C(C)C)CC1C. The fourth-order valence-electron chi connectivity index (χ4n) is 5.65. The van der Waals surface area contributed by atoms with E-state index in [2.05, 4.69) is 35.2 Å². The van der Waals surface area contributed by atoms with Crippen molar-refractivity contribution < 1.29 is 14.7 Å². The summed E-state index contributed by atoms with van der Waals surface area (Å²) in [5, 5.41) is 9.98. The average Bonchev–Trinajstić information content (AvgIpc) is 2.79. The zero-order valence-corrected chi connectivity index (χ0v) is 20.8. The van der Waals surface area contributed by atoms with E-state index < -0.39 is 6.09 Å². The first kappa shape index (κ1) is 24.3. The van der Waals surface area contributed by atoms with Crippen molar-refractivity contribution in [3.8, 4) is 11.1 Å². The van der Waals surface area contributed by atoms with Crippen LogP contribution in [0.2, 0.25) is 0 Å². The largest absolute Gasteiger partial charge is 0.465 e. The predicted octanol–water partition coefficient (Wildman–Crippen LogP) is 5.91. The van der Waals surface area contributed by atoms with Gasteiger partial charge in [0, 0.05) is 31.2 Å². The van der Waals surface area contributed by atoms with Crippen LogP contribution in [0.5, 0.6) is 0 Å². The molecule has 2 aromatic rings. The minimum atomic E-state index is -0.929. The predicted molar refractivity (Wildman–Crippen MR) is 136 cm³/mol. The van der Waals surface area contributed by atoms with Gasteiger partial charge in [-0.05, 0) is 87.5 Å². The first-order valence-corrected chi connectivity index (χ1v) is 12.5. The Morgan fingerprint density at radius 3 is 2.26 bits per heavy atom. The minimum absolute atomic E-state index is 0.0200. The highest BCUT2D eigenvalue weighted by Crippen LogP contribution is 2.43. The number of likely N-dealkylation sites (tertiary alicyclic amines) is 1. The number of hydrogen-bond donors (Lipinski definition) is 1. The second-order valence-electron chi connectivity index (χ2n) is 10.1. The van der Waals surface area contributed by atoms with Crippen LogP contribution >= 0.6 is 0 Å². The van der Waals surface area contributed by atoms with Gasteiger partial charge in [-0.25, -0.2) is 4.79 Å². The fraction of sp³-hybridized carbons (Fsp3) is 0.500. The van der Waals surface area contributed by atoms with Crippen molar-refractivity contribution in [2.24, 2.45) is 0 Å². The normalized spacial score (nSPS) is 20.8. The average molecular weight is 464 g/mol. The van der Waals surface area contributed by atoms with Gasteiger partial charge in [-0.2, -0.15) is 0 Å². The third kappa shape index (κ3) is 4.97. The molecule has 0 aliphatic carbocycles. The summed E-state index contributed by atoms with van der Waals surface area (Å²) in [7, 11) is 0. The van der Waals surface area contributed by atoms with E-state index in [9.17, 15) is 14.7 Å². The zero-order valence-electron chi connectivity index (χ0n) is 20.8. The molecule has 1 fully saturated rings. The van der Waals surface area contributed by atoms with Gasteiger partial charge in [0.1, 0.15) is 0 Å². The van der Waals surface area contributed by atoms with Gasteiger partial charge in [-0.15, -0.1) is 0 Å². The Morgan fingerprint density at radius 1 is 1.03 bits per heavy atom. The Kier molecular flexibility index (Phi) is 7.27. The van der Waals surface area contributed by atoms with E-state index in [0.29, 0.717) is 6.42 Å².